The van der Waals surface area contributed by atoms with E-state index in [4.69, 9.17) is 0 Å². The molecule has 0 amide bonds. The highest BCUT2D eigenvalue weighted by atomic mass is 15.0. The Morgan fingerprint density at radius 2 is 2.08 bits per heavy atom. The van der Waals surface area contributed by atoms with Gasteiger partial charge < -0.3 is 5.32 Å². The molecule has 3 heteroatoms. The van der Waals surface area contributed by atoms with Crippen LogP contribution in [0, 0.1) is 0 Å². The summed E-state index contributed by atoms with van der Waals surface area (Å²) in [5.74, 6) is 0. The Morgan fingerprint density at radius 1 is 1.42 bits per heavy atom. The molecule has 2 rings (SSSR count). The predicted molar refractivity (Wildman–Crippen MR) is 46.5 cm³/mol. The second-order valence-electron chi connectivity index (χ2n) is 3.66. The van der Waals surface area contributed by atoms with E-state index in [2.05, 4.69) is 22.2 Å². The van der Waals surface area contributed by atoms with Gasteiger partial charge in [-0.3, -0.25) is 0 Å². The van der Waals surface area contributed by atoms with E-state index >= 15 is 0 Å². The van der Waals surface area contributed by atoms with Crippen molar-refractivity contribution in [1.82, 2.24) is 15.3 Å². The van der Waals surface area contributed by atoms with Gasteiger partial charge in [0.2, 0.25) is 0 Å². The normalized spacial score (nSPS) is 19.1. The van der Waals surface area contributed by atoms with Crippen molar-refractivity contribution in [3.05, 3.63) is 24.3 Å². The molecule has 0 atom stereocenters. The van der Waals surface area contributed by atoms with Crippen molar-refractivity contribution < 1.29 is 0 Å². The number of rotatable bonds is 3. The Hall–Kier alpha value is -0.960. The van der Waals surface area contributed by atoms with Crippen molar-refractivity contribution >= 4 is 0 Å². The molecule has 12 heavy (non-hydrogen) atoms. The van der Waals surface area contributed by atoms with E-state index < -0.39 is 0 Å². The van der Waals surface area contributed by atoms with Crippen LogP contribution in [0.5, 0.6) is 0 Å². The summed E-state index contributed by atoms with van der Waals surface area (Å²) in [6.07, 6.45) is 7.85. The summed E-state index contributed by atoms with van der Waals surface area (Å²) in [5, 5.41) is 3.47. The van der Waals surface area contributed by atoms with Gasteiger partial charge in [-0.15, -0.1) is 0 Å². The fraction of sp³-hybridized carbons (Fsp3) is 0.556. The quantitative estimate of drug-likeness (QED) is 0.725. The maximum absolute atomic E-state index is 3.95. The molecular weight excluding hydrogens is 150 g/mol. The molecule has 1 aliphatic carbocycles. The fourth-order valence-electron chi connectivity index (χ4n) is 1.10. The zero-order valence-electron chi connectivity index (χ0n) is 7.25. The molecule has 3 nitrogen and oxygen atoms in total. The third kappa shape index (κ3) is 1.80. The van der Waals surface area contributed by atoms with Crippen molar-refractivity contribution in [1.29, 1.82) is 0 Å². The number of nitrogens with zero attached hydrogens (tertiary/aromatic N) is 2. The zero-order valence-corrected chi connectivity index (χ0v) is 7.25. The highest BCUT2D eigenvalue weighted by molar-refractivity contribution is 5.05. The van der Waals surface area contributed by atoms with Gasteiger partial charge in [0.15, 0.2) is 0 Å². The van der Waals surface area contributed by atoms with E-state index in [-0.39, 0.29) is 0 Å². The predicted octanol–water partition coefficient (Wildman–Crippen LogP) is 1.12. The molecule has 0 aliphatic heterocycles. The fourth-order valence-corrected chi connectivity index (χ4v) is 1.10. The van der Waals surface area contributed by atoms with Crippen LogP contribution in [0.1, 0.15) is 25.3 Å². The minimum atomic E-state index is 0.399. The first-order valence-electron chi connectivity index (χ1n) is 4.27. The molecule has 0 saturated heterocycles. The first-order chi connectivity index (χ1) is 5.79. The SMILES string of the molecule is CC1(NCc2cncnc2)CC1. The first kappa shape index (κ1) is 7.68. The minimum Gasteiger partial charge on any atom is -0.307 e. The van der Waals surface area contributed by atoms with Gasteiger partial charge in [-0.05, 0) is 19.8 Å². The highest BCUT2D eigenvalue weighted by Crippen LogP contribution is 2.34. The van der Waals surface area contributed by atoms with Gasteiger partial charge in [-0.1, -0.05) is 0 Å². The van der Waals surface area contributed by atoms with Gasteiger partial charge >= 0.3 is 0 Å². The third-order valence-corrected chi connectivity index (χ3v) is 2.33. The van der Waals surface area contributed by atoms with Crippen LogP contribution < -0.4 is 5.32 Å². The van der Waals surface area contributed by atoms with Crippen molar-refractivity contribution in [2.24, 2.45) is 0 Å². The molecule has 1 saturated carbocycles. The van der Waals surface area contributed by atoms with Crippen LogP contribution >= 0.6 is 0 Å². The van der Waals surface area contributed by atoms with Gasteiger partial charge in [0.25, 0.3) is 0 Å². The average Bonchev–Trinajstić information content (AvgIpc) is 2.84. The lowest BCUT2D eigenvalue weighted by Gasteiger charge is -2.09. The Labute approximate surface area is 72.2 Å². The van der Waals surface area contributed by atoms with E-state index in [1.54, 1.807) is 6.33 Å². The molecule has 1 aliphatic rings. The molecule has 1 heterocycles. The average molecular weight is 163 g/mol. The van der Waals surface area contributed by atoms with Crippen LogP contribution in [0.3, 0.4) is 0 Å². The number of aromatic nitrogens is 2. The molecule has 0 bridgehead atoms. The van der Waals surface area contributed by atoms with Crippen LogP contribution in [-0.2, 0) is 6.54 Å². The third-order valence-electron chi connectivity index (χ3n) is 2.33. The zero-order chi connectivity index (χ0) is 8.44. The Bertz CT molecular complexity index is 254. The maximum atomic E-state index is 3.95. The Morgan fingerprint density at radius 3 is 2.67 bits per heavy atom. The van der Waals surface area contributed by atoms with Crippen molar-refractivity contribution in [3.8, 4) is 0 Å². The van der Waals surface area contributed by atoms with Gasteiger partial charge in [-0.25, -0.2) is 9.97 Å². The summed E-state index contributed by atoms with van der Waals surface area (Å²) in [6.45, 7) is 3.13. The highest BCUT2D eigenvalue weighted by Gasteiger charge is 2.36. The molecule has 64 valence electrons. The van der Waals surface area contributed by atoms with Gasteiger partial charge in [0, 0.05) is 30.0 Å². The topological polar surface area (TPSA) is 37.8 Å². The van der Waals surface area contributed by atoms with Crippen molar-refractivity contribution in [2.45, 2.75) is 31.8 Å². The lowest BCUT2D eigenvalue weighted by atomic mass is 10.3. The first-order valence-corrected chi connectivity index (χ1v) is 4.27. The second-order valence-corrected chi connectivity index (χ2v) is 3.66. The molecule has 1 fully saturated rings. The van der Waals surface area contributed by atoms with E-state index in [9.17, 15) is 0 Å². The van der Waals surface area contributed by atoms with Crippen molar-refractivity contribution in [2.75, 3.05) is 0 Å². The summed E-state index contributed by atoms with van der Waals surface area (Å²) in [5.41, 5.74) is 1.56. The summed E-state index contributed by atoms with van der Waals surface area (Å²) in [6, 6.07) is 0. The summed E-state index contributed by atoms with van der Waals surface area (Å²) in [7, 11) is 0. The van der Waals surface area contributed by atoms with Crippen LogP contribution in [0.2, 0.25) is 0 Å². The lowest BCUT2D eigenvalue weighted by molar-refractivity contribution is 0.536. The molecule has 0 aromatic carbocycles. The van der Waals surface area contributed by atoms with Gasteiger partial charge in [0.1, 0.15) is 6.33 Å². The molecule has 0 spiro atoms. The van der Waals surface area contributed by atoms with Crippen LogP contribution in [0.25, 0.3) is 0 Å². The molecule has 1 aromatic rings. The largest absolute Gasteiger partial charge is 0.307 e. The van der Waals surface area contributed by atoms with Crippen LogP contribution in [0.4, 0.5) is 0 Å². The van der Waals surface area contributed by atoms with E-state index in [0.717, 1.165) is 12.1 Å². The standard InChI is InChI=1S/C9H13N3/c1-9(2-3-9)12-6-8-4-10-7-11-5-8/h4-5,7,12H,2-3,6H2,1H3. The molecule has 0 radical (unpaired) electrons. The minimum absolute atomic E-state index is 0.399. The molecule has 0 unspecified atom stereocenters. The van der Waals surface area contributed by atoms with E-state index in [1.165, 1.54) is 12.8 Å². The Balaban J connectivity index is 1.88. The van der Waals surface area contributed by atoms with Crippen LogP contribution in [0.15, 0.2) is 18.7 Å². The Kier molecular flexibility index (Phi) is 1.81. The van der Waals surface area contributed by atoms with E-state index in [1.807, 2.05) is 12.4 Å². The smallest absolute Gasteiger partial charge is 0.115 e. The molecule has 1 N–H and O–H groups in total. The number of hydrogen-bond donors (Lipinski definition) is 1. The maximum Gasteiger partial charge on any atom is 0.115 e. The second kappa shape index (κ2) is 2.83. The van der Waals surface area contributed by atoms with Crippen molar-refractivity contribution in [3.63, 3.8) is 0 Å². The summed E-state index contributed by atoms with van der Waals surface area (Å²) < 4.78 is 0. The molecular formula is C9H13N3. The summed E-state index contributed by atoms with van der Waals surface area (Å²) in [4.78, 5) is 7.91. The van der Waals surface area contributed by atoms with Gasteiger partial charge in [0.05, 0.1) is 0 Å². The van der Waals surface area contributed by atoms with E-state index in [0.29, 0.717) is 5.54 Å². The summed E-state index contributed by atoms with van der Waals surface area (Å²) >= 11 is 0. The number of nitrogens with one attached hydrogen (secondary N) is 1. The van der Waals surface area contributed by atoms with Crippen LogP contribution in [-0.4, -0.2) is 15.5 Å². The number of hydrogen-bond acceptors (Lipinski definition) is 3. The van der Waals surface area contributed by atoms with Gasteiger partial charge in [-0.2, -0.15) is 0 Å². The lowest BCUT2D eigenvalue weighted by Crippen LogP contribution is -2.27. The molecule has 1 aromatic heterocycles. The monoisotopic (exact) mass is 163 g/mol.